The second-order valence-electron chi connectivity index (χ2n) is 4.64. The van der Waals surface area contributed by atoms with Crippen molar-refractivity contribution in [2.24, 2.45) is 11.7 Å². The van der Waals surface area contributed by atoms with E-state index >= 15 is 0 Å². The smallest absolute Gasteiger partial charge is 0.323 e. The van der Waals surface area contributed by atoms with E-state index in [1.807, 2.05) is 0 Å². The number of carbonyl (C=O) groups is 1. The third-order valence-electron chi connectivity index (χ3n) is 2.59. The molecule has 4 N–H and O–H groups in total. The molecule has 0 saturated carbocycles. The third kappa shape index (κ3) is 5.74. The Hall–Kier alpha value is -0.610. The molecule has 1 atom stereocenters. The minimum absolute atomic E-state index is 0.528. The molecule has 4 nitrogen and oxygen atoms in total. The monoisotopic (exact) mass is 216 g/mol. The Kier molecular flexibility index (Phi) is 6.52. The zero-order valence-corrected chi connectivity index (χ0v) is 10.0. The molecule has 15 heavy (non-hydrogen) atoms. The van der Waals surface area contributed by atoms with Crippen LogP contribution in [0.5, 0.6) is 0 Å². The van der Waals surface area contributed by atoms with Gasteiger partial charge in [-0.1, -0.05) is 13.8 Å². The molecule has 0 aromatic heterocycles. The lowest BCUT2D eigenvalue weighted by Crippen LogP contribution is -2.50. The van der Waals surface area contributed by atoms with E-state index < -0.39 is 11.5 Å². The van der Waals surface area contributed by atoms with E-state index in [0.717, 1.165) is 12.8 Å². The fourth-order valence-corrected chi connectivity index (χ4v) is 1.31. The second kappa shape index (κ2) is 6.80. The van der Waals surface area contributed by atoms with E-state index in [1.54, 1.807) is 6.92 Å². The second-order valence-corrected chi connectivity index (χ2v) is 4.64. The van der Waals surface area contributed by atoms with Crippen LogP contribution in [0.1, 0.15) is 40.0 Å². The summed E-state index contributed by atoms with van der Waals surface area (Å²) in [5.41, 5.74) is 4.56. The van der Waals surface area contributed by atoms with Crippen molar-refractivity contribution >= 4 is 5.97 Å². The molecular formula is C11H24N2O2. The number of nitrogens with one attached hydrogen (secondary N) is 1. The summed E-state index contributed by atoms with van der Waals surface area (Å²) in [6, 6.07) is 0. The molecule has 0 rings (SSSR count). The fraction of sp³-hybridized carbons (Fsp3) is 0.909. The van der Waals surface area contributed by atoms with Crippen LogP contribution in [-0.4, -0.2) is 29.7 Å². The standard InChI is InChI=1S/C11H24N2O2/c1-9(2)5-6-11(3,10(14)15)13-8-4-7-12/h9,13H,4-8,12H2,1-3H3,(H,14,15). The molecule has 0 aliphatic heterocycles. The summed E-state index contributed by atoms with van der Waals surface area (Å²) in [6.07, 6.45) is 2.38. The summed E-state index contributed by atoms with van der Waals surface area (Å²) < 4.78 is 0. The molecule has 0 saturated heterocycles. The summed E-state index contributed by atoms with van der Waals surface area (Å²) >= 11 is 0. The van der Waals surface area contributed by atoms with Crippen molar-refractivity contribution in [2.75, 3.05) is 13.1 Å². The van der Waals surface area contributed by atoms with E-state index in [9.17, 15) is 4.79 Å². The van der Waals surface area contributed by atoms with Crippen LogP contribution in [0.3, 0.4) is 0 Å². The zero-order valence-electron chi connectivity index (χ0n) is 10.0. The lowest BCUT2D eigenvalue weighted by molar-refractivity contribution is -0.144. The van der Waals surface area contributed by atoms with Crippen molar-refractivity contribution in [1.82, 2.24) is 5.32 Å². The van der Waals surface area contributed by atoms with Gasteiger partial charge >= 0.3 is 5.97 Å². The van der Waals surface area contributed by atoms with Crippen LogP contribution in [0.15, 0.2) is 0 Å². The van der Waals surface area contributed by atoms with E-state index in [1.165, 1.54) is 0 Å². The van der Waals surface area contributed by atoms with E-state index in [2.05, 4.69) is 19.2 Å². The Balaban J connectivity index is 4.13. The topological polar surface area (TPSA) is 75.3 Å². The lowest BCUT2D eigenvalue weighted by Gasteiger charge is -2.27. The van der Waals surface area contributed by atoms with Gasteiger partial charge in [0.15, 0.2) is 0 Å². The van der Waals surface area contributed by atoms with Crippen molar-refractivity contribution in [2.45, 2.75) is 45.6 Å². The Morgan fingerprint density at radius 3 is 2.53 bits per heavy atom. The molecule has 1 unspecified atom stereocenters. The van der Waals surface area contributed by atoms with Gasteiger partial charge in [0.25, 0.3) is 0 Å². The van der Waals surface area contributed by atoms with Crippen molar-refractivity contribution in [3.8, 4) is 0 Å². The summed E-state index contributed by atoms with van der Waals surface area (Å²) in [5.74, 6) is -0.250. The third-order valence-corrected chi connectivity index (χ3v) is 2.59. The van der Waals surface area contributed by atoms with Gasteiger partial charge in [0.05, 0.1) is 0 Å². The largest absolute Gasteiger partial charge is 0.480 e. The van der Waals surface area contributed by atoms with Crippen molar-refractivity contribution in [3.05, 3.63) is 0 Å². The number of aliphatic carboxylic acids is 1. The minimum atomic E-state index is -0.806. The predicted molar refractivity (Wildman–Crippen MR) is 61.8 cm³/mol. The maximum Gasteiger partial charge on any atom is 0.323 e. The van der Waals surface area contributed by atoms with E-state index in [4.69, 9.17) is 10.8 Å². The molecule has 0 bridgehead atoms. The van der Waals surface area contributed by atoms with E-state index in [-0.39, 0.29) is 0 Å². The average Bonchev–Trinajstić information content (AvgIpc) is 2.15. The van der Waals surface area contributed by atoms with E-state index in [0.29, 0.717) is 25.4 Å². The molecule has 0 aromatic rings. The Bertz CT molecular complexity index is 195. The molecular weight excluding hydrogens is 192 g/mol. The zero-order chi connectivity index (χ0) is 11.9. The molecule has 0 heterocycles. The Labute approximate surface area is 92.2 Å². The highest BCUT2D eigenvalue weighted by Gasteiger charge is 2.31. The van der Waals surface area contributed by atoms with Gasteiger partial charge in [0, 0.05) is 0 Å². The number of hydrogen-bond acceptors (Lipinski definition) is 3. The maximum absolute atomic E-state index is 11.1. The van der Waals surface area contributed by atoms with Gasteiger partial charge in [-0.15, -0.1) is 0 Å². The first kappa shape index (κ1) is 14.4. The van der Waals surface area contributed by atoms with Crippen molar-refractivity contribution in [3.63, 3.8) is 0 Å². The lowest BCUT2D eigenvalue weighted by atomic mass is 9.92. The molecule has 0 spiro atoms. The van der Waals surface area contributed by atoms with Gasteiger partial charge < -0.3 is 16.2 Å². The SMILES string of the molecule is CC(C)CCC(C)(NCCCN)C(=O)O. The van der Waals surface area contributed by atoms with Gasteiger partial charge in [-0.3, -0.25) is 4.79 Å². The van der Waals surface area contributed by atoms with Crippen LogP contribution >= 0.6 is 0 Å². The molecule has 0 fully saturated rings. The molecule has 0 radical (unpaired) electrons. The van der Waals surface area contributed by atoms with Crippen molar-refractivity contribution in [1.29, 1.82) is 0 Å². The molecule has 0 aliphatic carbocycles. The molecule has 90 valence electrons. The Morgan fingerprint density at radius 1 is 1.53 bits per heavy atom. The van der Waals surface area contributed by atoms with Crippen LogP contribution in [0, 0.1) is 5.92 Å². The quantitative estimate of drug-likeness (QED) is 0.533. The van der Waals surface area contributed by atoms with Crippen LogP contribution in [-0.2, 0) is 4.79 Å². The first-order valence-electron chi connectivity index (χ1n) is 5.61. The van der Waals surface area contributed by atoms with Gasteiger partial charge in [0.1, 0.15) is 5.54 Å². The van der Waals surface area contributed by atoms with Gasteiger partial charge in [-0.05, 0) is 45.2 Å². The maximum atomic E-state index is 11.1. The summed E-state index contributed by atoms with van der Waals surface area (Å²) in [6.45, 7) is 7.20. The number of nitrogens with two attached hydrogens (primary N) is 1. The highest BCUT2D eigenvalue weighted by atomic mass is 16.4. The molecule has 0 aliphatic rings. The van der Waals surface area contributed by atoms with Gasteiger partial charge in [-0.25, -0.2) is 0 Å². The summed E-state index contributed by atoms with van der Waals surface area (Å²) in [4.78, 5) is 11.1. The van der Waals surface area contributed by atoms with Crippen LogP contribution in [0.4, 0.5) is 0 Å². The summed E-state index contributed by atoms with van der Waals surface area (Å²) in [5, 5.41) is 12.2. The number of carboxylic acid groups (broad SMARTS) is 1. The fourth-order valence-electron chi connectivity index (χ4n) is 1.31. The molecule has 0 aromatic carbocycles. The molecule has 0 amide bonds. The minimum Gasteiger partial charge on any atom is -0.480 e. The van der Waals surface area contributed by atoms with Gasteiger partial charge in [-0.2, -0.15) is 0 Å². The van der Waals surface area contributed by atoms with Crippen LogP contribution < -0.4 is 11.1 Å². The number of hydrogen-bond donors (Lipinski definition) is 3. The summed E-state index contributed by atoms with van der Waals surface area (Å²) in [7, 11) is 0. The first-order chi connectivity index (χ1) is 6.92. The van der Waals surface area contributed by atoms with Crippen LogP contribution in [0.25, 0.3) is 0 Å². The molecule has 4 heteroatoms. The Morgan fingerprint density at radius 2 is 2.13 bits per heavy atom. The number of carboxylic acids is 1. The first-order valence-corrected chi connectivity index (χ1v) is 5.61. The van der Waals surface area contributed by atoms with Crippen LogP contribution in [0.2, 0.25) is 0 Å². The van der Waals surface area contributed by atoms with Gasteiger partial charge in [0.2, 0.25) is 0 Å². The van der Waals surface area contributed by atoms with Crippen molar-refractivity contribution < 1.29 is 9.90 Å². The number of rotatable bonds is 8. The normalized spacial score (nSPS) is 15.3. The highest BCUT2D eigenvalue weighted by molar-refractivity contribution is 5.78. The average molecular weight is 216 g/mol. The predicted octanol–water partition coefficient (Wildman–Crippen LogP) is 1.20. The highest BCUT2D eigenvalue weighted by Crippen LogP contribution is 2.16.